The van der Waals surface area contributed by atoms with Gasteiger partial charge in [0.15, 0.2) is 0 Å². The zero-order valence-corrected chi connectivity index (χ0v) is 21.6. The average molecular weight is 509 g/mol. The highest BCUT2D eigenvalue weighted by Crippen LogP contribution is 2.39. The Hall–Kier alpha value is -2.26. The van der Waals surface area contributed by atoms with Gasteiger partial charge >= 0.3 is 6.68 Å². The Morgan fingerprint density at radius 2 is 1.86 bits per heavy atom. The fourth-order valence-electron chi connectivity index (χ4n) is 4.94. The van der Waals surface area contributed by atoms with E-state index in [4.69, 9.17) is 0 Å². The second kappa shape index (κ2) is 12.1. The number of amides is 1. The highest BCUT2D eigenvalue weighted by molar-refractivity contribution is 7.96. The number of anilines is 1. The minimum absolute atomic E-state index is 0.0771. The van der Waals surface area contributed by atoms with Crippen molar-refractivity contribution in [3.05, 3.63) is 59.4 Å². The van der Waals surface area contributed by atoms with Gasteiger partial charge in [0.1, 0.15) is 0 Å². The molecule has 0 bridgehead atoms. The number of pyridine rings is 1. The topological polar surface area (TPSA) is 48.5 Å². The van der Waals surface area contributed by atoms with Gasteiger partial charge in [0.25, 0.3) is 0 Å². The Balaban J connectivity index is 0.000000795. The quantitative estimate of drug-likeness (QED) is 0.521. The fourth-order valence-corrected chi connectivity index (χ4v) is 5.52. The third-order valence-corrected chi connectivity index (χ3v) is 7.89. The number of alkyl halides is 3. The van der Waals surface area contributed by atoms with Crippen LogP contribution in [0, 0.1) is 5.92 Å². The average Bonchev–Trinajstić information content (AvgIpc) is 3.09. The van der Waals surface area contributed by atoms with E-state index in [9.17, 15) is 18.0 Å². The summed E-state index contributed by atoms with van der Waals surface area (Å²) in [7, 11) is 1.90. The number of piperidine rings is 1. The molecule has 2 aromatic rings. The molecular formula is C26H35F3N4OS. The molecule has 0 spiro atoms. The summed E-state index contributed by atoms with van der Waals surface area (Å²) in [4.78, 5) is 19.3. The van der Waals surface area contributed by atoms with E-state index < -0.39 is 6.68 Å². The summed E-state index contributed by atoms with van der Waals surface area (Å²) in [5.41, 5.74) is 4.90. The third kappa shape index (κ3) is 7.13. The summed E-state index contributed by atoms with van der Waals surface area (Å²) in [6.07, 6.45) is 6.92. The van der Waals surface area contributed by atoms with Gasteiger partial charge in [-0.3, -0.25) is 14.1 Å². The Kier molecular flexibility index (Phi) is 9.47. The van der Waals surface area contributed by atoms with Crippen LogP contribution in [0.5, 0.6) is 0 Å². The van der Waals surface area contributed by atoms with Crippen LogP contribution in [0.15, 0.2) is 42.6 Å². The summed E-state index contributed by atoms with van der Waals surface area (Å²) in [5.74, 6) is 0.385. The maximum Gasteiger partial charge on any atom is 0.379 e. The molecular weight excluding hydrogens is 473 g/mol. The van der Waals surface area contributed by atoms with Crippen molar-refractivity contribution in [1.29, 1.82) is 0 Å². The molecule has 1 aliphatic carbocycles. The van der Waals surface area contributed by atoms with Gasteiger partial charge in [-0.25, -0.2) is 0 Å². The van der Waals surface area contributed by atoms with Gasteiger partial charge in [-0.15, -0.1) is 0 Å². The molecule has 1 N–H and O–H groups in total. The van der Waals surface area contributed by atoms with Crippen LogP contribution in [0.1, 0.15) is 43.5 Å². The van der Waals surface area contributed by atoms with Crippen molar-refractivity contribution in [2.45, 2.75) is 57.8 Å². The van der Waals surface area contributed by atoms with E-state index in [1.807, 2.05) is 24.2 Å². The second-order valence-corrected chi connectivity index (χ2v) is 10.5. The van der Waals surface area contributed by atoms with Crippen molar-refractivity contribution in [3.63, 3.8) is 0 Å². The van der Waals surface area contributed by atoms with Crippen molar-refractivity contribution < 1.29 is 18.0 Å². The number of hydrogen-bond donors (Lipinski definition) is 1. The molecule has 1 aromatic heterocycles. The molecule has 4 rings (SSSR count). The largest absolute Gasteiger partial charge is 0.380 e. The van der Waals surface area contributed by atoms with Gasteiger partial charge in [0.05, 0.1) is 24.1 Å². The number of nitrogens with zero attached hydrogens (tertiary/aromatic N) is 3. The van der Waals surface area contributed by atoms with E-state index in [0.717, 1.165) is 43.7 Å². The van der Waals surface area contributed by atoms with E-state index in [0.29, 0.717) is 12.6 Å². The summed E-state index contributed by atoms with van der Waals surface area (Å²) < 4.78 is 31.3. The molecule has 1 amide bonds. The summed E-state index contributed by atoms with van der Waals surface area (Å²) in [5, 5.41) is 3.69. The number of aromatic nitrogens is 1. The summed E-state index contributed by atoms with van der Waals surface area (Å²) >= 11 is 1.77. The maximum absolute atomic E-state index is 12.8. The minimum atomic E-state index is -3.67. The van der Waals surface area contributed by atoms with Gasteiger partial charge in [-0.05, 0) is 48.8 Å². The molecule has 2 heterocycles. The van der Waals surface area contributed by atoms with E-state index in [1.165, 1.54) is 11.1 Å². The van der Waals surface area contributed by atoms with Crippen molar-refractivity contribution in [1.82, 2.24) is 14.2 Å². The Labute approximate surface area is 210 Å². The van der Waals surface area contributed by atoms with E-state index in [2.05, 4.69) is 65.0 Å². The van der Waals surface area contributed by atoms with Crippen molar-refractivity contribution in [2.75, 3.05) is 31.7 Å². The number of benzene rings is 1. The van der Waals surface area contributed by atoms with Crippen LogP contribution in [0.3, 0.4) is 0 Å². The van der Waals surface area contributed by atoms with Gasteiger partial charge in [-0.2, -0.15) is 13.2 Å². The van der Waals surface area contributed by atoms with Gasteiger partial charge in [0.2, 0.25) is 5.91 Å². The molecule has 1 aliphatic heterocycles. The van der Waals surface area contributed by atoms with Gasteiger partial charge in [0, 0.05) is 37.5 Å². The molecule has 5 nitrogen and oxygen atoms in total. The lowest BCUT2D eigenvalue weighted by Gasteiger charge is -2.31. The Morgan fingerprint density at radius 3 is 2.43 bits per heavy atom. The molecule has 35 heavy (non-hydrogen) atoms. The minimum Gasteiger partial charge on any atom is -0.380 e. The molecule has 1 saturated heterocycles. The highest BCUT2D eigenvalue weighted by Gasteiger charge is 2.39. The first kappa shape index (κ1) is 27.3. The van der Waals surface area contributed by atoms with Crippen molar-refractivity contribution in [2.24, 2.45) is 5.92 Å². The van der Waals surface area contributed by atoms with E-state index >= 15 is 0 Å². The van der Waals surface area contributed by atoms with E-state index in [-0.39, 0.29) is 17.2 Å². The molecule has 1 aromatic carbocycles. The normalized spacial score (nSPS) is 19.6. The van der Waals surface area contributed by atoms with Crippen LogP contribution >= 0.6 is 11.9 Å². The predicted octanol–water partition coefficient (Wildman–Crippen LogP) is 5.52. The number of rotatable bonds is 6. The third-order valence-electron chi connectivity index (χ3n) is 7.01. The zero-order chi connectivity index (χ0) is 25.6. The van der Waals surface area contributed by atoms with Crippen LogP contribution in [0.25, 0.3) is 0 Å². The zero-order valence-electron chi connectivity index (χ0n) is 20.8. The maximum atomic E-state index is 12.8. The van der Waals surface area contributed by atoms with E-state index in [1.54, 1.807) is 11.9 Å². The standard InChI is InChI=1S/C25H34N4OS.CHF3/c1-25(2)22-8-6-5-7-19(22)15-23(25)27-20-9-10-21(26-16-20)17-28(3)24(30)18-11-13-29(31-4)14-12-18;2-1(3)4/h5-10,16,18,23,27H,11-15,17H2,1-4H3;1H. The van der Waals surface area contributed by atoms with Crippen LogP contribution in [-0.4, -0.2) is 59.2 Å². The lowest BCUT2D eigenvalue weighted by atomic mass is 9.83. The number of halogens is 3. The molecule has 9 heteroatoms. The first-order valence-electron chi connectivity index (χ1n) is 11.9. The first-order valence-corrected chi connectivity index (χ1v) is 13.1. The number of nitrogens with one attached hydrogen (secondary N) is 1. The lowest BCUT2D eigenvalue weighted by molar-refractivity contribution is -0.135. The number of carbonyl (C=O) groups excluding carboxylic acids is 1. The number of fused-ring (bicyclic) bond motifs is 1. The molecule has 1 fully saturated rings. The Bertz CT molecular complexity index is 963. The molecule has 1 unspecified atom stereocenters. The van der Waals surface area contributed by atoms with Crippen LogP contribution < -0.4 is 5.32 Å². The molecule has 192 valence electrons. The molecule has 0 saturated carbocycles. The van der Waals surface area contributed by atoms with Crippen molar-refractivity contribution in [3.8, 4) is 0 Å². The van der Waals surface area contributed by atoms with Crippen molar-refractivity contribution >= 4 is 23.5 Å². The lowest BCUT2D eigenvalue weighted by Crippen LogP contribution is -2.39. The summed E-state index contributed by atoms with van der Waals surface area (Å²) in [6, 6.07) is 13.2. The number of carbonyl (C=O) groups is 1. The monoisotopic (exact) mass is 508 g/mol. The predicted molar refractivity (Wildman–Crippen MR) is 136 cm³/mol. The SMILES string of the molecule is CSN1CCC(C(=O)N(C)Cc2ccc(NC3Cc4ccccc4C3(C)C)cn2)CC1.FC(F)F. The second-order valence-electron chi connectivity index (χ2n) is 9.65. The first-order chi connectivity index (χ1) is 16.6. The van der Waals surface area contributed by atoms with Gasteiger partial charge in [-0.1, -0.05) is 50.1 Å². The number of hydrogen-bond acceptors (Lipinski definition) is 5. The van der Waals surface area contributed by atoms with Crippen LogP contribution in [0.4, 0.5) is 18.9 Å². The fraction of sp³-hybridized carbons (Fsp3) is 0.538. The highest BCUT2D eigenvalue weighted by atomic mass is 32.2. The smallest absolute Gasteiger partial charge is 0.379 e. The summed E-state index contributed by atoms with van der Waals surface area (Å²) in [6.45, 7) is 3.49. The van der Waals surface area contributed by atoms with Crippen LogP contribution in [-0.2, 0) is 23.2 Å². The van der Waals surface area contributed by atoms with Crippen LogP contribution in [0.2, 0.25) is 0 Å². The Morgan fingerprint density at radius 1 is 1.20 bits per heavy atom. The molecule has 1 atom stereocenters. The molecule has 0 radical (unpaired) electrons. The van der Waals surface area contributed by atoms with Gasteiger partial charge < -0.3 is 10.2 Å². The molecule has 2 aliphatic rings.